The van der Waals surface area contributed by atoms with E-state index in [1.807, 2.05) is 11.8 Å². The Balaban J connectivity index is 0.00000225. The Hall–Kier alpha value is -0.320. The molecule has 16 heavy (non-hydrogen) atoms. The predicted octanol–water partition coefficient (Wildman–Crippen LogP) is 0.700. The van der Waals surface area contributed by atoms with Gasteiger partial charge in [0.25, 0.3) is 0 Å². The Morgan fingerprint density at radius 1 is 1.31 bits per heavy atom. The van der Waals surface area contributed by atoms with E-state index >= 15 is 0 Å². The third kappa shape index (κ3) is 5.68. The lowest BCUT2D eigenvalue weighted by atomic mass is 10.2. The Morgan fingerprint density at radius 3 is 2.62 bits per heavy atom. The van der Waals surface area contributed by atoms with Crippen LogP contribution in [0.2, 0.25) is 0 Å². The molecule has 1 amide bonds. The molecule has 2 N–H and O–H groups in total. The van der Waals surface area contributed by atoms with Crippen LogP contribution in [0.4, 0.5) is 0 Å². The van der Waals surface area contributed by atoms with Crippen LogP contribution in [0.1, 0.15) is 26.2 Å². The van der Waals surface area contributed by atoms with Crippen molar-refractivity contribution in [1.29, 1.82) is 0 Å². The summed E-state index contributed by atoms with van der Waals surface area (Å²) in [4.78, 5) is 16.1. The maximum absolute atomic E-state index is 11.8. The fraction of sp³-hybridized carbons (Fsp3) is 0.909. The summed E-state index contributed by atoms with van der Waals surface area (Å²) in [5.41, 5.74) is 5.64. The highest BCUT2D eigenvalue weighted by molar-refractivity contribution is 5.85. The van der Waals surface area contributed by atoms with Crippen molar-refractivity contribution in [2.45, 2.75) is 32.2 Å². The molecule has 1 heterocycles. The summed E-state index contributed by atoms with van der Waals surface area (Å²) >= 11 is 0. The van der Waals surface area contributed by atoms with Gasteiger partial charge in [-0.1, -0.05) is 0 Å². The van der Waals surface area contributed by atoms with Gasteiger partial charge in [-0.3, -0.25) is 4.79 Å². The maximum atomic E-state index is 11.8. The van der Waals surface area contributed by atoms with E-state index in [0.717, 1.165) is 39.0 Å². The molecule has 0 bridgehead atoms. The summed E-state index contributed by atoms with van der Waals surface area (Å²) in [5, 5.41) is 0. The number of halogens is 1. The minimum atomic E-state index is 0. The second-order valence-corrected chi connectivity index (χ2v) is 4.55. The first-order chi connectivity index (χ1) is 7.09. The molecule has 1 atom stereocenters. The summed E-state index contributed by atoms with van der Waals surface area (Å²) in [6, 6.07) is 0.128. The molecule has 0 aromatic carbocycles. The van der Waals surface area contributed by atoms with Crippen LogP contribution in [0.15, 0.2) is 0 Å². The van der Waals surface area contributed by atoms with Crippen molar-refractivity contribution >= 4 is 18.3 Å². The number of amides is 1. The van der Waals surface area contributed by atoms with Crippen LogP contribution in [0.3, 0.4) is 0 Å². The lowest BCUT2D eigenvalue weighted by Gasteiger charge is -2.20. The number of carbonyl (C=O) groups excluding carboxylic acids is 1. The molecule has 1 aliphatic rings. The second-order valence-electron chi connectivity index (χ2n) is 4.55. The van der Waals surface area contributed by atoms with E-state index in [0.29, 0.717) is 6.42 Å². The van der Waals surface area contributed by atoms with Crippen LogP contribution >= 0.6 is 12.4 Å². The fourth-order valence-corrected chi connectivity index (χ4v) is 1.81. The van der Waals surface area contributed by atoms with Gasteiger partial charge < -0.3 is 15.5 Å². The van der Waals surface area contributed by atoms with Gasteiger partial charge in [-0.25, -0.2) is 0 Å². The molecule has 0 radical (unpaired) electrons. The zero-order valence-corrected chi connectivity index (χ0v) is 11.1. The van der Waals surface area contributed by atoms with Crippen LogP contribution in [0.25, 0.3) is 0 Å². The third-order valence-corrected chi connectivity index (χ3v) is 2.89. The molecular formula is C11H24ClN3O. The lowest BCUT2D eigenvalue weighted by molar-refractivity contribution is -0.131. The van der Waals surface area contributed by atoms with E-state index < -0.39 is 0 Å². The summed E-state index contributed by atoms with van der Waals surface area (Å²) < 4.78 is 0. The Kier molecular flexibility index (Phi) is 7.72. The molecule has 4 nitrogen and oxygen atoms in total. The number of rotatable bonds is 3. The molecule has 1 rings (SSSR count). The van der Waals surface area contributed by atoms with Crippen LogP contribution in [0.5, 0.6) is 0 Å². The van der Waals surface area contributed by atoms with E-state index in [1.54, 1.807) is 0 Å². The van der Waals surface area contributed by atoms with Gasteiger partial charge in [0.2, 0.25) is 5.91 Å². The van der Waals surface area contributed by atoms with Gasteiger partial charge in [0.05, 0.1) is 0 Å². The van der Waals surface area contributed by atoms with Crippen molar-refractivity contribution in [3.05, 3.63) is 0 Å². The van der Waals surface area contributed by atoms with Crippen molar-refractivity contribution < 1.29 is 4.79 Å². The summed E-state index contributed by atoms with van der Waals surface area (Å²) in [6.07, 6.45) is 2.48. The van der Waals surface area contributed by atoms with E-state index in [2.05, 4.69) is 11.9 Å². The predicted molar refractivity (Wildman–Crippen MR) is 68.8 cm³/mol. The van der Waals surface area contributed by atoms with Crippen molar-refractivity contribution in [2.24, 2.45) is 5.73 Å². The smallest absolute Gasteiger partial charge is 0.222 e. The standard InChI is InChI=1S/C11H23N3O.ClH/c1-10(12)4-5-11(15)14-7-3-6-13(2)8-9-14;/h10H,3-9,12H2,1-2H3;1H. The largest absolute Gasteiger partial charge is 0.341 e. The zero-order chi connectivity index (χ0) is 11.3. The van der Waals surface area contributed by atoms with Gasteiger partial charge in [-0.2, -0.15) is 0 Å². The minimum Gasteiger partial charge on any atom is -0.341 e. The number of likely N-dealkylation sites (N-methyl/N-ethyl adjacent to an activating group) is 1. The maximum Gasteiger partial charge on any atom is 0.222 e. The quantitative estimate of drug-likeness (QED) is 0.801. The molecule has 1 fully saturated rings. The third-order valence-electron chi connectivity index (χ3n) is 2.89. The van der Waals surface area contributed by atoms with E-state index in [1.165, 1.54) is 0 Å². The van der Waals surface area contributed by atoms with Gasteiger partial charge in [0.1, 0.15) is 0 Å². The molecule has 1 saturated heterocycles. The number of hydrogen-bond acceptors (Lipinski definition) is 3. The highest BCUT2D eigenvalue weighted by atomic mass is 35.5. The first kappa shape index (κ1) is 15.7. The second kappa shape index (κ2) is 7.87. The highest BCUT2D eigenvalue weighted by Crippen LogP contribution is 2.05. The van der Waals surface area contributed by atoms with Crippen molar-refractivity contribution in [1.82, 2.24) is 9.80 Å². The first-order valence-electron chi connectivity index (χ1n) is 5.81. The molecule has 5 heteroatoms. The first-order valence-corrected chi connectivity index (χ1v) is 5.81. The average molecular weight is 250 g/mol. The zero-order valence-electron chi connectivity index (χ0n) is 10.3. The molecule has 0 saturated carbocycles. The van der Waals surface area contributed by atoms with E-state index in [-0.39, 0.29) is 24.4 Å². The summed E-state index contributed by atoms with van der Waals surface area (Å²) in [7, 11) is 2.11. The number of hydrogen-bond donors (Lipinski definition) is 1. The monoisotopic (exact) mass is 249 g/mol. The van der Waals surface area contributed by atoms with Crippen LogP contribution in [-0.2, 0) is 4.79 Å². The Morgan fingerprint density at radius 2 is 2.00 bits per heavy atom. The number of carbonyl (C=O) groups is 1. The highest BCUT2D eigenvalue weighted by Gasteiger charge is 2.17. The van der Waals surface area contributed by atoms with Gasteiger partial charge in [-0.05, 0) is 33.4 Å². The number of nitrogens with zero attached hydrogens (tertiary/aromatic N) is 2. The van der Waals surface area contributed by atoms with E-state index in [4.69, 9.17) is 5.73 Å². The van der Waals surface area contributed by atoms with Crippen LogP contribution in [-0.4, -0.2) is 55.0 Å². The number of nitrogens with two attached hydrogens (primary N) is 1. The molecule has 0 aromatic rings. The molecule has 1 unspecified atom stereocenters. The van der Waals surface area contributed by atoms with Crippen molar-refractivity contribution in [3.63, 3.8) is 0 Å². The molecule has 0 spiro atoms. The molecule has 0 aromatic heterocycles. The van der Waals surface area contributed by atoms with Gasteiger partial charge in [0.15, 0.2) is 0 Å². The topological polar surface area (TPSA) is 49.6 Å². The van der Waals surface area contributed by atoms with Gasteiger partial charge >= 0.3 is 0 Å². The van der Waals surface area contributed by atoms with Crippen LogP contribution < -0.4 is 5.73 Å². The summed E-state index contributed by atoms with van der Waals surface area (Å²) in [6.45, 7) is 5.81. The fourth-order valence-electron chi connectivity index (χ4n) is 1.81. The average Bonchev–Trinajstić information content (AvgIpc) is 2.39. The lowest BCUT2D eigenvalue weighted by Crippen LogP contribution is -2.35. The van der Waals surface area contributed by atoms with Gasteiger partial charge in [0, 0.05) is 32.1 Å². The van der Waals surface area contributed by atoms with E-state index in [9.17, 15) is 4.79 Å². The molecular weight excluding hydrogens is 226 g/mol. The SMILES string of the molecule is CC(N)CCC(=O)N1CCCN(C)CC1.Cl. The van der Waals surface area contributed by atoms with Gasteiger partial charge in [-0.15, -0.1) is 12.4 Å². The molecule has 0 aliphatic carbocycles. The molecule has 1 aliphatic heterocycles. The van der Waals surface area contributed by atoms with Crippen molar-refractivity contribution in [2.75, 3.05) is 33.2 Å². The van der Waals surface area contributed by atoms with Crippen molar-refractivity contribution in [3.8, 4) is 0 Å². The molecule has 96 valence electrons. The Labute approximate surface area is 105 Å². The Bertz CT molecular complexity index is 211. The normalized spacial score (nSPS) is 19.8. The minimum absolute atomic E-state index is 0. The van der Waals surface area contributed by atoms with Crippen LogP contribution in [0, 0.1) is 0 Å². The summed E-state index contributed by atoms with van der Waals surface area (Å²) in [5.74, 6) is 0.266.